The number of rotatable bonds is 4. The Kier molecular flexibility index (Phi) is 5.26. The molecule has 2 fully saturated rings. The van der Waals surface area contributed by atoms with Crippen LogP contribution in [0.5, 0.6) is 0 Å². The molecule has 2 atom stereocenters. The average Bonchev–Trinajstić information content (AvgIpc) is 3.40. The van der Waals surface area contributed by atoms with Crippen LogP contribution in [0.2, 0.25) is 0 Å². The van der Waals surface area contributed by atoms with Gasteiger partial charge < -0.3 is 15.0 Å². The third kappa shape index (κ3) is 4.51. The van der Waals surface area contributed by atoms with Crippen molar-refractivity contribution in [2.24, 2.45) is 0 Å². The first-order valence-corrected chi connectivity index (χ1v) is 11.5. The monoisotopic (exact) mass is 451 g/mol. The van der Waals surface area contributed by atoms with Gasteiger partial charge in [-0.25, -0.2) is 19.2 Å². The predicted octanol–water partition coefficient (Wildman–Crippen LogP) is 4.95. The zero-order valence-corrected chi connectivity index (χ0v) is 19.5. The molecule has 7 nitrogen and oxygen atoms in total. The number of aromatic nitrogens is 3. The highest BCUT2D eigenvalue weighted by Crippen LogP contribution is 2.42. The molecule has 0 radical (unpaired) electrons. The molecule has 5 rings (SSSR count). The molecule has 1 saturated heterocycles. The van der Waals surface area contributed by atoms with Crippen LogP contribution in [0.4, 0.5) is 15.0 Å². The largest absolute Gasteiger partial charge is 0.444 e. The number of hydrogen-bond donors (Lipinski definition) is 1. The summed E-state index contributed by atoms with van der Waals surface area (Å²) in [6.07, 6.45) is 4.78. The van der Waals surface area contributed by atoms with Gasteiger partial charge in [0, 0.05) is 12.7 Å². The van der Waals surface area contributed by atoms with E-state index in [0.29, 0.717) is 11.7 Å². The molecular weight excluding hydrogens is 421 g/mol. The summed E-state index contributed by atoms with van der Waals surface area (Å²) in [4.78, 5) is 23.0. The second-order valence-corrected chi connectivity index (χ2v) is 10.1. The summed E-state index contributed by atoms with van der Waals surface area (Å²) in [5, 5.41) is 3.17. The number of halogens is 1. The Morgan fingerprint density at radius 1 is 1.24 bits per heavy atom. The van der Waals surface area contributed by atoms with Gasteiger partial charge in [-0.05, 0) is 75.8 Å². The Morgan fingerprint density at radius 3 is 2.76 bits per heavy atom. The Labute approximate surface area is 193 Å². The molecule has 1 aliphatic carbocycles. The van der Waals surface area contributed by atoms with Crippen LogP contribution in [-0.4, -0.2) is 56.3 Å². The highest BCUT2D eigenvalue weighted by atomic mass is 19.1. The summed E-state index contributed by atoms with van der Waals surface area (Å²) < 4.78 is 22.2. The van der Waals surface area contributed by atoms with Crippen LogP contribution in [0, 0.1) is 6.92 Å². The van der Waals surface area contributed by atoms with Gasteiger partial charge in [-0.1, -0.05) is 6.07 Å². The molecule has 8 heteroatoms. The Hall–Kier alpha value is -3.16. The highest BCUT2D eigenvalue weighted by Gasteiger charge is 2.37. The van der Waals surface area contributed by atoms with Crippen molar-refractivity contribution < 1.29 is 13.9 Å². The fraction of sp³-hybridized carbons (Fsp3) is 0.480. The van der Waals surface area contributed by atoms with Gasteiger partial charge in [0.05, 0.1) is 30.2 Å². The molecule has 1 aliphatic heterocycles. The maximum atomic E-state index is 14.7. The molecule has 4 heterocycles. The number of alkyl halides is 1. The normalized spacial score (nSPS) is 20.9. The zero-order chi connectivity index (χ0) is 23.3. The number of imidazole rings is 1. The maximum absolute atomic E-state index is 14.7. The van der Waals surface area contributed by atoms with E-state index in [1.165, 1.54) is 28.9 Å². The summed E-state index contributed by atoms with van der Waals surface area (Å²) in [5.74, 6) is 1.21. The smallest absolute Gasteiger partial charge is 0.410 e. The number of carbonyl (C=O) groups excluding carboxylic acids is 1. The number of nitrogens with zero attached hydrogens (tertiary/aromatic N) is 4. The number of aryl methyl sites for hydroxylation is 1. The van der Waals surface area contributed by atoms with Gasteiger partial charge in [0.25, 0.3) is 0 Å². The Morgan fingerprint density at radius 2 is 2.03 bits per heavy atom. The SMILES string of the molecule is Cc1cc2ncc(-c3cccc(N[C@H]4CN(C(=O)OC(C)(C)C)C[C@@H]4F)n3)n2cc1C1CC1. The quantitative estimate of drug-likeness (QED) is 0.608. The number of carbonyl (C=O) groups is 1. The van der Waals surface area contributed by atoms with Gasteiger partial charge in [-0.15, -0.1) is 0 Å². The first-order chi connectivity index (χ1) is 15.7. The topological polar surface area (TPSA) is 71.8 Å². The molecule has 0 spiro atoms. The van der Waals surface area contributed by atoms with Crippen LogP contribution in [0.25, 0.3) is 17.0 Å². The number of likely N-dealkylation sites (tertiary alicyclic amines) is 1. The van der Waals surface area contributed by atoms with Crippen molar-refractivity contribution in [3.05, 3.63) is 47.8 Å². The van der Waals surface area contributed by atoms with Gasteiger partial charge in [-0.3, -0.25) is 4.40 Å². The lowest BCUT2D eigenvalue weighted by Gasteiger charge is -2.24. The van der Waals surface area contributed by atoms with Crippen LogP contribution in [0.3, 0.4) is 0 Å². The van der Waals surface area contributed by atoms with Crippen molar-refractivity contribution in [3.8, 4) is 11.4 Å². The van der Waals surface area contributed by atoms with Gasteiger partial charge in [0.15, 0.2) is 0 Å². The molecule has 0 bridgehead atoms. The number of pyridine rings is 2. The zero-order valence-electron chi connectivity index (χ0n) is 19.5. The summed E-state index contributed by atoms with van der Waals surface area (Å²) in [6, 6.07) is 7.21. The van der Waals surface area contributed by atoms with Crippen molar-refractivity contribution in [1.29, 1.82) is 0 Å². The van der Waals surface area contributed by atoms with Crippen molar-refractivity contribution >= 4 is 17.6 Å². The predicted molar refractivity (Wildman–Crippen MR) is 125 cm³/mol. The summed E-state index contributed by atoms with van der Waals surface area (Å²) in [7, 11) is 0. The van der Waals surface area contributed by atoms with Crippen LogP contribution >= 0.6 is 0 Å². The summed E-state index contributed by atoms with van der Waals surface area (Å²) in [5.41, 5.74) is 4.57. The van der Waals surface area contributed by atoms with E-state index in [2.05, 4.69) is 33.9 Å². The molecule has 174 valence electrons. The minimum Gasteiger partial charge on any atom is -0.444 e. The molecule has 1 saturated carbocycles. The Bertz CT molecular complexity index is 1200. The van der Waals surface area contributed by atoms with E-state index in [1.807, 2.05) is 24.4 Å². The van der Waals surface area contributed by atoms with Crippen molar-refractivity contribution in [2.45, 2.75) is 64.3 Å². The summed E-state index contributed by atoms with van der Waals surface area (Å²) in [6.45, 7) is 7.77. The maximum Gasteiger partial charge on any atom is 0.410 e. The number of amides is 1. The third-order valence-electron chi connectivity index (χ3n) is 6.16. The average molecular weight is 452 g/mol. The van der Waals surface area contributed by atoms with E-state index in [-0.39, 0.29) is 13.1 Å². The lowest BCUT2D eigenvalue weighted by molar-refractivity contribution is 0.0283. The minimum atomic E-state index is -1.21. The molecule has 33 heavy (non-hydrogen) atoms. The number of anilines is 1. The van der Waals surface area contributed by atoms with Crippen LogP contribution < -0.4 is 5.32 Å². The first kappa shape index (κ1) is 21.7. The van der Waals surface area contributed by atoms with Gasteiger partial charge in [-0.2, -0.15) is 0 Å². The van der Waals surface area contributed by atoms with Crippen LogP contribution in [0.15, 0.2) is 36.7 Å². The van der Waals surface area contributed by atoms with Crippen LogP contribution in [-0.2, 0) is 4.74 Å². The van der Waals surface area contributed by atoms with Gasteiger partial charge in [0.2, 0.25) is 0 Å². The molecule has 1 amide bonds. The molecule has 1 N–H and O–H groups in total. The minimum absolute atomic E-state index is 0.00280. The lowest BCUT2D eigenvalue weighted by atomic mass is 10.1. The van der Waals surface area contributed by atoms with Crippen molar-refractivity contribution in [1.82, 2.24) is 19.3 Å². The third-order valence-corrected chi connectivity index (χ3v) is 6.16. The molecular formula is C25H30FN5O2. The van der Waals surface area contributed by atoms with Crippen molar-refractivity contribution in [2.75, 3.05) is 18.4 Å². The molecule has 2 aliphatic rings. The number of ether oxygens (including phenoxy) is 1. The standard InChI is InChI=1S/C25H30FN5O2/c1-15-10-23-27-11-21(31(23)12-17(15)16-8-9-16)19-6-5-7-22(28-19)29-20-14-30(13-18(20)26)24(32)33-25(2,3)4/h5-7,10-12,16,18,20H,8-9,13-14H2,1-4H3,(H,28,29)/t18-,20-/m0/s1. The second-order valence-electron chi connectivity index (χ2n) is 10.1. The highest BCUT2D eigenvalue weighted by molar-refractivity contribution is 5.69. The molecule has 3 aromatic rings. The van der Waals surface area contributed by atoms with E-state index >= 15 is 0 Å². The molecule has 0 aromatic carbocycles. The fourth-order valence-corrected chi connectivity index (χ4v) is 4.37. The Balaban J connectivity index is 1.35. The van der Waals surface area contributed by atoms with Gasteiger partial charge >= 0.3 is 6.09 Å². The van der Waals surface area contributed by atoms with E-state index in [0.717, 1.165) is 17.0 Å². The van der Waals surface area contributed by atoms with Gasteiger partial charge in [0.1, 0.15) is 23.2 Å². The van der Waals surface area contributed by atoms with E-state index < -0.39 is 23.9 Å². The first-order valence-electron chi connectivity index (χ1n) is 11.5. The van der Waals surface area contributed by atoms with Crippen molar-refractivity contribution in [3.63, 3.8) is 0 Å². The number of hydrogen-bond acceptors (Lipinski definition) is 5. The summed E-state index contributed by atoms with van der Waals surface area (Å²) >= 11 is 0. The lowest BCUT2D eigenvalue weighted by Crippen LogP contribution is -2.36. The number of nitrogens with one attached hydrogen (secondary N) is 1. The van der Waals surface area contributed by atoms with E-state index in [4.69, 9.17) is 9.72 Å². The molecule has 3 aromatic heterocycles. The van der Waals surface area contributed by atoms with E-state index in [1.54, 1.807) is 20.8 Å². The fourth-order valence-electron chi connectivity index (χ4n) is 4.37. The number of fused-ring (bicyclic) bond motifs is 1. The second kappa shape index (κ2) is 8.01. The molecule has 0 unspecified atom stereocenters. The van der Waals surface area contributed by atoms with E-state index in [9.17, 15) is 9.18 Å². The van der Waals surface area contributed by atoms with Crippen LogP contribution in [0.1, 0.15) is 50.7 Å².